The lowest BCUT2D eigenvalue weighted by Crippen LogP contribution is -2.58. The van der Waals surface area contributed by atoms with E-state index in [0.29, 0.717) is 5.92 Å². The molecule has 0 aromatic heterocycles. The first-order valence-corrected chi connectivity index (χ1v) is 8.38. The molecule has 3 rings (SSSR count). The van der Waals surface area contributed by atoms with Crippen molar-refractivity contribution in [3.63, 3.8) is 0 Å². The second-order valence-corrected chi connectivity index (χ2v) is 6.60. The second kappa shape index (κ2) is 7.08. The predicted octanol–water partition coefficient (Wildman–Crippen LogP) is 3.86. The van der Waals surface area contributed by atoms with Crippen molar-refractivity contribution >= 4 is 0 Å². The van der Waals surface area contributed by atoms with E-state index < -0.39 is 0 Å². The van der Waals surface area contributed by atoms with E-state index in [9.17, 15) is 0 Å². The molecule has 0 spiro atoms. The number of hydrogen-bond donors (Lipinski definition) is 2. The summed E-state index contributed by atoms with van der Waals surface area (Å²) in [6.07, 6.45) is 7.12. The molecule has 1 fully saturated rings. The van der Waals surface area contributed by atoms with Gasteiger partial charge in [-0.2, -0.15) is 0 Å². The van der Waals surface area contributed by atoms with Crippen LogP contribution in [0.4, 0.5) is 0 Å². The van der Waals surface area contributed by atoms with Crippen molar-refractivity contribution in [2.45, 2.75) is 44.1 Å². The van der Waals surface area contributed by atoms with E-state index in [1.165, 1.54) is 30.4 Å². The molecule has 0 radical (unpaired) electrons. The first-order chi connectivity index (χ1) is 10.8. The van der Waals surface area contributed by atoms with Crippen LogP contribution in [0, 0.1) is 5.92 Å². The Hall–Kier alpha value is -1.64. The van der Waals surface area contributed by atoms with E-state index in [1.807, 2.05) is 0 Å². The van der Waals surface area contributed by atoms with Crippen molar-refractivity contribution in [1.29, 1.82) is 0 Å². The minimum absolute atomic E-state index is 0.0233. The molecule has 1 aliphatic rings. The summed E-state index contributed by atoms with van der Waals surface area (Å²) in [5.41, 5.74) is 6.05. The number of rotatable bonds is 5. The lowest BCUT2D eigenvalue weighted by atomic mass is 9.68. The third-order valence-electron chi connectivity index (χ3n) is 5.18. The topological polar surface area (TPSA) is 38.0 Å². The summed E-state index contributed by atoms with van der Waals surface area (Å²) in [4.78, 5) is 0. The molecule has 2 aromatic carbocycles. The zero-order valence-corrected chi connectivity index (χ0v) is 13.2. The van der Waals surface area contributed by atoms with Crippen LogP contribution >= 0.6 is 0 Å². The molecule has 0 aliphatic heterocycles. The highest BCUT2D eigenvalue weighted by Crippen LogP contribution is 2.38. The van der Waals surface area contributed by atoms with Gasteiger partial charge < -0.3 is 0 Å². The van der Waals surface area contributed by atoms with Crippen molar-refractivity contribution in [1.82, 2.24) is 5.43 Å². The van der Waals surface area contributed by atoms with Crippen LogP contribution in [0.3, 0.4) is 0 Å². The first-order valence-electron chi connectivity index (χ1n) is 8.38. The maximum Gasteiger partial charge on any atom is 0.0392 e. The van der Waals surface area contributed by atoms with Gasteiger partial charge in [0.1, 0.15) is 0 Å². The Kier molecular flexibility index (Phi) is 4.91. The summed E-state index contributed by atoms with van der Waals surface area (Å²) in [7, 11) is 0. The Morgan fingerprint density at radius 3 is 2.18 bits per heavy atom. The SMILES string of the molecule is NNC1(Cc2ccccc2)CCCCC1Cc1ccccc1. The van der Waals surface area contributed by atoms with Gasteiger partial charge in [-0.1, -0.05) is 73.5 Å². The van der Waals surface area contributed by atoms with Crippen LogP contribution in [-0.4, -0.2) is 5.54 Å². The fraction of sp³-hybridized carbons (Fsp3) is 0.400. The highest BCUT2D eigenvalue weighted by molar-refractivity contribution is 5.21. The summed E-state index contributed by atoms with van der Waals surface area (Å²) >= 11 is 0. The Morgan fingerprint density at radius 1 is 0.909 bits per heavy atom. The molecule has 2 unspecified atom stereocenters. The molecule has 3 N–H and O–H groups in total. The summed E-state index contributed by atoms with van der Waals surface area (Å²) in [5.74, 6) is 6.67. The highest BCUT2D eigenvalue weighted by atomic mass is 15.3. The molecule has 2 atom stereocenters. The molecule has 2 aromatic rings. The van der Waals surface area contributed by atoms with Gasteiger partial charge in [0, 0.05) is 5.54 Å². The van der Waals surface area contributed by atoms with Gasteiger partial charge in [-0.15, -0.1) is 0 Å². The quantitative estimate of drug-likeness (QED) is 0.649. The van der Waals surface area contributed by atoms with Gasteiger partial charge in [-0.05, 0) is 42.7 Å². The van der Waals surface area contributed by atoms with Gasteiger partial charge >= 0.3 is 0 Å². The Morgan fingerprint density at radius 2 is 1.55 bits per heavy atom. The van der Waals surface area contributed by atoms with E-state index in [1.54, 1.807) is 0 Å². The second-order valence-electron chi connectivity index (χ2n) is 6.60. The maximum absolute atomic E-state index is 6.08. The average Bonchev–Trinajstić information content (AvgIpc) is 2.58. The van der Waals surface area contributed by atoms with Crippen molar-refractivity contribution < 1.29 is 0 Å². The fourth-order valence-electron chi connectivity index (χ4n) is 3.94. The third-order valence-corrected chi connectivity index (χ3v) is 5.18. The van der Waals surface area contributed by atoms with E-state index in [0.717, 1.165) is 19.3 Å². The summed E-state index contributed by atoms with van der Waals surface area (Å²) in [6.45, 7) is 0. The van der Waals surface area contributed by atoms with Crippen LogP contribution in [0.1, 0.15) is 36.8 Å². The number of hydrogen-bond acceptors (Lipinski definition) is 2. The molecular formula is C20H26N2. The highest BCUT2D eigenvalue weighted by Gasteiger charge is 2.39. The molecule has 1 aliphatic carbocycles. The molecule has 0 saturated heterocycles. The normalized spacial score (nSPS) is 25.0. The number of nitrogens with two attached hydrogens (primary N) is 1. The van der Waals surface area contributed by atoms with Gasteiger partial charge in [0.15, 0.2) is 0 Å². The third kappa shape index (κ3) is 3.40. The van der Waals surface area contributed by atoms with Gasteiger partial charge in [0.05, 0.1) is 0 Å². The van der Waals surface area contributed by atoms with Crippen molar-refractivity contribution in [3.05, 3.63) is 71.8 Å². The monoisotopic (exact) mass is 294 g/mol. The molecule has 0 bridgehead atoms. The first kappa shape index (κ1) is 15.3. The van der Waals surface area contributed by atoms with E-state index >= 15 is 0 Å². The van der Waals surface area contributed by atoms with Gasteiger partial charge in [0.25, 0.3) is 0 Å². The standard InChI is InChI=1S/C20H26N2/c21-22-20(16-18-11-5-2-6-12-18)14-8-7-13-19(20)15-17-9-3-1-4-10-17/h1-6,9-12,19,22H,7-8,13-16,21H2. The summed E-state index contributed by atoms with van der Waals surface area (Å²) in [6, 6.07) is 21.6. The van der Waals surface area contributed by atoms with Crippen molar-refractivity contribution in [3.8, 4) is 0 Å². The minimum atomic E-state index is 0.0233. The Bertz CT molecular complexity index is 567. The molecule has 116 valence electrons. The zero-order valence-electron chi connectivity index (χ0n) is 13.2. The number of nitrogens with one attached hydrogen (secondary N) is 1. The summed E-state index contributed by atoms with van der Waals surface area (Å²) in [5, 5.41) is 0. The van der Waals surface area contributed by atoms with Crippen LogP contribution in [0.15, 0.2) is 60.7 Å². The largest absolute Gasteiger partial charge is 0.271 e. The summed E-state index contributed by atoms with van der Waals surface area (Å²) < 4.78 is 0. The Balaban J connectivity index is 1.82. The van der Waals surface area contributed by atoms with Crippen LogP contribution < -0.4 is 11.3 Å². The number of hydrazine groups is 1. The predicted molar refractivity (Wildman–Crippen MR) is 92.3 cm³/mol. The lowest BCUT2D eigenvalue weighted by molar-refractivity contribution is 0.139. The molecule has 2 nitrogen and oxygen atoms in total. The van der Waals surface area contributed by atoms with E-state index in [2.05, 4.69) is 66.1 Å². The zero-order chi connectivity index (χ0) is 15.3. The molecule has 2 heteroatoms. The van der Waals surface area contributed by atoms with E-state index in [-0.39, 0.29) is 5.54 Å². The van der Waals surface area contributed by atoms with Crippen LogP contribution in [0.25, 0.3) is 0 Å². The van der Waals surface area contributed by atoms with Gasteiger partial charge in [0.2, 0.25) is 0 Å². The smallest absolute Gasteiger partial charge is 0.0392 e. The minimum Gasteiger partial charge on any atom is -0.271 e. The van der Waals surface area contributed by atoms with Crippen LogP contribution in [0.2, 0.25) is 0 Å². The molecular weight excluding hydrogens is 268 g/mol. The molecule has 22 heavy (non-hydrogen) atoms. The number of benzene rings is 2. The molecule has 0 amide bonds. The van der Waals surface area contributed by atoms with E-state index in [4.69, 9.17) is 5.84 Å². The average molecular weight is 294 g/mol. The van der Waals surface area contributed by atoms with Crippen LogP contribution in [-0.2, 0) is 12.8 Å². The van der Waals surface area contributed by atoms with Crippen LogP contribution in [0.5, 0.6) is 0 Å². The fourth-order valence-corrected chi connectivity index (χ4v) is 3.94. The van der Waals surface area contributed by atoms with Gasteiger partial charge in [-0.3, -0.25) is 11.3 Å². The maximum atomic E-state index is 6.08. The lowest BCUT2D eigenvalue weighted by Gasteiger charge is -2.44. The molecule has 0 heterocycles. The Labute approximate surface area is 133 Å². The van der Waals surface area contributed by atoms with Crippen molar-refractivity contribution in [2.24, 2.45) is 11.8 Å². The van der Waals surface area contributed by atoms with Crippen molar-refractivity contribution in [2.75, 3.05) is 0 Å². The molecule has 1 saturated carbocycles. The van der Waals surface area contributed by atoms with Gasteiger partial charge in [-0.25, -0.2) is 0 Å².